The van der Waals surface area contributed by atoms with Crippen LogP contribution in [0.25, 0.3) is 0 Å². The second-order valence-electron chi connectivity index (χ2n) is 5.88. The Morgan fingerprint density at radius 2 is 2.00 bits per heavy atom. The predicted octanol–water partition coefficient (Wildman–Crippen LogP) is 1.16. The van der Waals surface area contributed by atoms with Crippen LogP contribution in [0.5, 0.6) is 0 Å². The summed E-state index contributed by atoms with van der Waals surface area (Å²) in [6.45, 7) is 0.0592. The molecular formula is C14H22N2O4S. The molecule has 0 unspecified atom stereocenters. The molecule has 0 aromatic rings. The Balaban J connectivity index is 2.06. The van der Waals surface area contributed by atoms with Gasteiger partial charge in [0.15, 0.2) is 0 Å². The molecule has 1 aliphatic heterocycles. The van der Waals surface area contributed by atoms with Gasteiger partial charge in [-0.25, -0.2) is 0 Å². The van der Waals surface area contributed by atoms with Crippen LogP contribution < -0.4 is 0 Å². The maximum absolute atomic E-state index is 12.5. The summed E-state index contributed by atoms with van der Waals surface area (Å²) in [6.07, 6.45) is 4.42. The van der Waals surface area contributed by atoms with Crippen molar-refractivity contribution in [2.75, 3.05) is 25.2 Å². The third-order valence-corrected chi connectivity index (χ3v) is 5.45. The van der Waals surface area contributed by atoms with Gasteiger partial charge in [0.2, 0.25) is 11.8 Å². The van der Waals surface area contributed by atoms with E-state index in [9.17, 15) is 19.5 Å². The lowest BCUT2D eigenvalue weighted by Crippen LogP contribution is -2.54. The van der Waals surface area contributed by atoms with Crippen molar-refractivity contribution in [2.45, 2.75) is 44.1 Å². The lowest BCUT2D eigenvalue weighted by atomic mass is 9.78. The zero-order valence-electron chi connectivity index (χ0n) is 12.3. The Morgan fingerprint density at radius 1 is 1.33 bits per heavy atom. The monoisotopic (exact) mass is 314 g/mol. The Labute approximate surface area is 128 Å². The average Bonchev–Trinajstić information content (AvgIpc) is 2.83. The molecule has 1 saturated carbocycles. The van der Waals surface area contributed by atoms with E-state index in [-0.39, 0.29) is 24.8 Å². The van der Waals surface area contributed by atoms with Crippen LogP contribution in [0.2, 0.25) is 0 Å². The van der Waals surface area contributed by atoms with E-state index >= 15 is 0 Å². The van der Waals surface area contributed by atoms with Gasteiger partial charge in [0.1, 0.15) is 6.54 Å². The van der Waals surface area contributed by atoms with Gasteiger partial charge in [0.25, 0.3) is 0 Å². The van der Waals surface area contributed by atoms with Gasteiger partial charge in [0, 0.05) is 7.05 Å². The molecule has 1 heterocycles. The number of thioether (sulfide) groups is 1. The first-order chi connectivity index (χ1) is 9.94. The third kappa shape index (κ3) is 3.70. The van der Waals surface area contributed by atoms with E-state index in [0.29, 0.717) is 11.6 Å². The number of nitrogens with zero attached hydrogens (tertiary/aromatic N) is 2. The predicted molar refractivity (Wildman–Crippen MR) is 79.9 cm³/mol. The first kappa shape index (κ1) is 16.1. The summed E-state index contributed by atoms with van der Waals surface area (Å²) in [5.74, 6) is -0.0715. The van der Waals surface area contributed by atoms with Gasteiger partial charge in [-0.05, 0) is 12.8 Å². The van der Waals surface area contributed by atoms with E-state index < -0.39 is 11.5 Å². The Morgan fingerprint density at radius 3 is 2.52 bits per heavy atom. The van der Waals surface area contributed by atoms with Gasteiger partial charge in [-0.1, -0.05) is 19.3 Å². The smallest absolute Gasteiger partial charge is 0.305 e. The largest absolute Gasteiger partial charge is 0.481 e. The number of hydrogen-bond acceptors (Lipinski definition) is 4. The number of likely N-dealkylation sites (N-methyl/N-ethyl adjacent to an activating group) is 1. The van der Waals surface area contributed by atoms with Crippen molar-refractivity contribution in [2.24, 2.45) is 0 Å². The van der Waals surface area contributed by atoms with Crippen LogP contribution in [-0.2, 0) is 14.4 Å². The van der Waals surface area contributed by atoms with E-state index in [1.54, 1.807) is 16.8 Å². The van der Waals surface area contributed by atoms with Crippen LogP contribution in [0.1, 0.15) is 38.5 Å². The SMILES string of the molecule is CN(C(=O)CN1CSCC1=O)C1(CC(=O)O)CCCCC1. The van der Waals surface area contributed by atoms with Crippen molar-refractivity contribution in [3.63, 3.8) is 0 Å². The highest BCUT2D eigenvalue weighted by atomic mass is 32.2. The molecule has 0 spiro atoms. The lowest BCUT2D eigenvalue weighted by molar-refractivity contribution is -0.148. The number of rotatable bonds is 5. The summed E-state index contributed by atoms with van der Waals surface area (Å²) in [5.41, 5.74) is -0.586. The van der Waals surface area contributed by atoms with Gasteiger partial charge in [-0.2, -0.15) is 0 Å². The van der Waals surface area contributed by atoms with Crippen LogP contribution >= 0.6 is 11.8 Å². The molecule has 118 valence electrons. The van der Waals surface area contributed by atoms with Crippen molar-refractivity contribution >= 4 is 29.5 Å². The molecule has 0 radical (unpaired) electrons. The van der Waals surface area contributed by atoms with Gasteiger partial charge < -0.3 is 14.9 Å². The highest BCUT2D eigenvalue weighted by Crippen LogP contribution is 2.36. The van der Waals surface area contributed by atoms with Crippen LogP contribution in [0, 0.1) is 0 Å². The molecule has 2 rings (SSSR count). The summed E-state index contributed by atoms with van der Waals surface area (Å²) in [7, 11) is 1.68. The normalized spacial score (nSPS) is 21.4. The molecule has 2 fully saturated rings. The van der Waals surface area contributed by atoms with Crippen LogP contribution in [0.3, 0.4) is 0 Å². The minimum Gasteiger partial charge on any atom is -0.481 e. The van der Waals surface area contributed by atoms with E-state index in [2.05, 4.69) is 0 Å². The zero-order valence-corrected chi connectivity index (χ0v) is 13.2. The molecule has 1 saturated heterocycles. The molecule has 21 heavy (non-hydrogen) atoms. The number of amides is 2. The molecule has 1 N–H and O–H groups in total. The zero-order chi connectivity index (χ0) is 15.5. The number of carbonyl (C=O) groups excluding carboxylic acids is 2. The molecule has 2 amide bonds. The summed E-state index contributed by atoms with van der Waals surface area (Å²) in [6, 6.07) is 0. The van der Waals surface area contributed by atoms with E-state index in [4.69, 9.17) is 0 Å². The molecule has 2 aliphatic rings. The lowest BCUT2D eigenvalue weighted by Gasteiger charge is -2.44. The van der Waals surface area contributed by atoms with Gasteiger partial charge in [-0.15, -0.1) is 11.8 Å². The van der Waals surface area contributed by atoms with Gasteiger partial charge in [-0.3, -0.25) is 14.4 Å². The quantitative estimate of drug-likeness (QED) is 0.824. The van der Waals surface area contributed by atoms with E-state index in [0.717, 1.165) is 32.1 Å². The molecular weight excluding hydrogens is 292 g/mol. The van der Waals surface area contributed by atoms with Crippen LogP contribution in [-0.4, -0.2) is 63.5 Å². The number of carboxylic acid groups (broad SMARTS) is 1. The van der Waals surface area contributed by atoms with Crippen molar-refractivity contribution in [3.05, 3.63) is 0 Å². The van der Waals surface area contributed by atoms with Gasteiger partial charge >= 0.3 is 5.97 Å². The molecule has 6 nitrogen and oxygen atoms in total. The Kier molecular flexibility index (Phi) is 5.13. The fraction of sp³-hybridized carbons (Fsp3) is 0.786. The maximum Gasteiger partial charge on any atom is 0.305 e. The van der Waals surface area contributed by atoms with Crippen LogP contribution in [0.15, 0.2) is 0 Å². The second-order valence-corrected chi connectivity index (χ2v) is 6.83. The van der Waals surface area contributed by atoms with E-state index in [1.165, 1.54) is 11.8 Å². The molecule has 0 bridgehead atoms. The number of carboxylic acids is 1. The van der Waals surface area contributed by atoms with Crippen molar-refractivity contribution < 1.29 is 19.5 Å². The van der Waals surface area contributed by atoms with Crippen molar-refractivity contribution in [1.29, 1.82) is 0 Å². The number of aliphatic carboxylic acids is 1. The van der Waals surface area contributed by atoms with Crippen molar-refractivity contribution in [1.82, 2.24) is 9.80 Å². The highest BCUT2D eigenvalue weighted by molar-refractivity contribution is 8.00. The summed E-state index contributed by atoms with van der Waals surface area (Å²) >= 11 is 1.50. The Bertz CT molecular complexity index is 435. The summed E-state index contributed by atoms with van der Waals surface area (Å²) in [4.78, 5) is 38.4. The first-order valence-corrected chi connectivity index (χ1v) is 8.44. The standard InChI is InChI=1S/C14H22N2O4S/c1-15(11(17)8-16-10-21-9-12(16)18)14(7-13(19)20)5-3-2-4-6-14/h2-10H2,1H3,(H,19,20). The molecule has 0 aromatic heterocycles. The minimum atomic E-state index is -0.871. The summed E-state index contributed by atoms with van der Waals surface area (Å²) < 4.78 is 0. The number of hydrogen-bond donors (Lipinski definition) is 1. The Hall–Kier alpha value is -1.24. The highest BCUT2D eigenvalue weighted by Gasteiger charge is 2.41. The first-order valence-electron chi connectivity index (χ1n) is 7.29. The molecule has 1 aliphatic carbocycles. The average molecular weight is 314 g/mol. The van der Waals surface area contributed by atoms with E-state index in [1.807, 2.05) is 0 Å². The van der Waals surface area contributed by atoms with Gasteiger partial charge in [0.05, 0.1) is 23.6 Å². The minimum absolute atomic E-state index is 0.0159. The molecule has 0 atom stereocenters. The maximum atomic E-state index is 12.5. The number of carbonyl (C=O) groups is 3. The molecule has 0 aromatic carbocycles. The fourth-order valence-corrected chi connectivity index (χ4v) is 4.10. The topological polar surface area (TPSA) is 77.9 Å². The summed E-state index contributed by atoms with van der Waals surface area (Å²) in [5, 5.41) is 9.18. The molecule has 7 heteroatoms. The fourth-order valence-electron chi connectivity index (χ4n) is 3.20. The van der Waals surface area contributed by atoms with Crippen LogP contribution in [0.4, 0.5) is 0 Å². The second kappa shape index (κ2) is 6.68. The van der Waals surface area contributed by atoms with Crippen molar-refractivity contribution in [3.8, 4) is 0 Å². The third-order valence-electron chi connectivity index (χ3n) is 4.50.